The Morgan fingerprint density at radius 3 is 2.91 bits per heavy atom. The number of nitrogens with one attached hydrogen (secondary N) is 1. The number of likely N-dealkylation sites (tertiary alicyclic amines) is 1. The van der Waals surface area contributed by atoms with E-state index in [9.17, 15) is 4.79 Å². The lowest BCUT2D eigenvalue weighted by Crippen LogP contribution is -2.42. The van der Waals surface area contributed by atoms with Crippen LogP contribution in [0.4, 0.5) is 0 Å². The Morgan fingerprint density at radius 1 is 1.41 bits per heavy atom. The third-order valence-electron chi connectivity index (χ3n) is 6.63. The van der Waals surface area contributed by atoms with Crippen molar-refractivity contribution in [2.24, 2.45) is 11.8 Å². The maximum atomic E-state index is 12.7. The second-order valence-electron chi connectivity index (χ2n) is 8.43. The number of ether oxygens (including phenoxy) is 2. The van der Waals surface area contributed by atoms with Crippen molar-refractivity contribution in [1.29, 1.82) is 0 Å². The summed E-state index contributed by atoms with van der Waals surface area (Å²) in [6.45, 7) is 4.62. The number of carboxylic acid groups (broad SMARTS) is 1. The molecular formula is C22H28N4O6. The predicted octanol–water partition coefficient (Wildman–Crippen LogP) is 1.50. The monoisotopic (exact) mass is 444 g/mol. The SMILES string of the molecule is COc1ccccc1C(=O)NC[C@H]1[C@H]2CN(Cc3nnc(C)o3)C[C@]23CC[C@H]1O3.O=CO. The standard InChI is InChI=1S/C21H26N4O4.CH2O2/c1-13-23-24-19(28-13)11-25-10-16-15(18-7-8-21(16,12-25)29-18)9-22-20(26)14-5-3-4-6-17(14)27-2;2-1-3/h3-6,15-16,18H,7-12H2,1-2H3,(H,22,26);1H,(H,2,3)/t15-,16+,18+,21+;/m0./s1. The minimum Gasteiger partial charge on any atom is -0.496 e. The van der Waals surface area contributed by atoms with Gasteiger partial charge in [-0.3, -0.25) is 14.5 Å². The fraction of sp³-hybridized carbons (Fsp3) is 0.545. The smallest absolute Gasteiger partial charge is 0.290 e. The van der Waals surface area contributed by atoms with Crippen LogP contribution in [0.25, 0.3) is 0 Å². The van der Waals surface area contributed by atoms with Crippen molar-refractivity contribution in [3.05, 3.63) is 41.6 Å². The number of carbonyl (C=O) groups is 2. The van der Waals surface area contributed by atoms with Gasteiger partial charge in [-0.05, 0) is 25.0 Å². The van der Waals surface area contributed by atoms with Crippen molar-refractivity contribution < 1.29 is 28.6 Å². The highest BCUT2D eigenvalue weighted by atomic mass is 16.5. The minimum atomic E-state index is -0.250. The zero-order valence-electron chi connectivity index (χ0n) is 18.2. The van der Waals surface area contributed by atoms with Crippen LogP contribution in [0, 0.1) is 18.8 Å². The quantitative estimate of drug-likeness (QED) is 0.637. The Kier molecular flexibility index (Phi) is 6.43. The van der Waals surface area contributed by atoms with E-state index in [1.54, 1.807) is 26.2 Å². The van der Waals surface area contributed by atoms with Gasteiger partial charge in [0.1, 0.15) is 5.75 Å². The second kappa shape index (κ2) is 9.25. The van der Waals surface area contributed by atoms with Crippen LogP contribution in [0.2, 0.25) is 0 Å². The first-order valence-electron chi connectivity index (χ1n) is 10.7. The molecule has 172 valence electrons. The molecule has 3 aliphatic heterocycles. The lowest BCUT2D eigenvalue weighted by atomic mass is 9.73. The van der Waals surface area contributed by atoms with Crippen LogP contribution < -0.4 is 10.1 Å². The summed E-state index contributed by atoms with van der Waals surface area (Å²) in [5.74, 6) is 2.45. The maximum Gasteiger partial charge on any atom is 0.290 e. The fourth-order valence-corrected chi connectivity index (χ4v) is 5.41. The molecule has 10 heteroatoms. The number of hydrogen-bond acceptors (Lipinski definition) is 8. The van der Waals surface area contributed by atoms with E-state index in [2.05, 4.69) is 20.4 Å². The topological polar surface area (TPSA) is 127 Å². The number of benzene rings is 1. The highest BCUT2D eigenvalue weighted by molar-refractivity contribution is 5.96. The zero-order chi connectivity index (χ0) is 22.7. The fourth-order valence-electron chi connectivity index (χ4n) is 5.41. The van der Waals surface area contributed by atoms with Gasteiger partial charge in [0.05, 0.1) is 30.9 Å². The molecule has 2 bridgehead atoms. The summed E-state index contributed by atoms with van der Waals surface area (Å²) in [6, 6.07) is 7.30. The maximum absolute atomic E-state index is 12.7. The average Bonchev–Trinajstić information content (AvgIpc) is 3.53. The van der Waals surface area contributed by atoms with Crippen molar-refractivity contribution in [3.8, 4) is 5.75 Å². The lowest BCUT2D eigenvalue weighted by Gasteiger charge is -2.29. The predicted molar refractivity (Wildman–Crippen MR) is 112 cm³/mol. The van der Waals surface area contributed by atoms with Crippen LogP contribution in [-0.4, -0.2) is 71.0 Å². The lowest BCUT2D eigenvalue weighted by molar-refractivity contribution is -0.122. The summed E-state index contributed by atoms with van der Waals surface area (Å²) in [7, 11) is 1.58. The second-order valence-corrected chi connectivity index (χ2v) is 8.43. The van der Waals surface area contributed by atoms with Crippen molar-refractivity contribution >= 4 is 12.4 Å². The molecule has 3 saturated heterocycles. The van der Waals surface area contributed by atoms with Gasteiger partial charge in [0.25, 0.3) is 12.4 Å². The first-order valence-corrected chi connectivity index (χ1v) is 10.7. The Balaban J connectivity index is 0.000000775. The average molecular weight is 444 g/mol. The molecular weight excluding hydrogens is 416 g/mol. The Labute approximate surface area is 185 Å². The molecule has 1 aromatic heterocycles. The zero-order valence-corrected chi connectivity index (χ0v) is 18.2. The molecule has 0 unspecified atom stereocenters. The van der Waals surface area contributed by atoms with Gasteiger partial charge < -0.3 is 24.3 Å². The van der Waals surface area contributed by atoms with E-state index in [0.29, 0.717) is 48.0 Å². The number of aromatic nitrogens is 2. The summed E-state index contributed by atoms with van der Waals surface area (Å²) in [4.78, 5) is 23.4. The van der Waals surface area contributed by atoms with Crippen LogP contribution in [0.15, 0.2) is 28.7 Å². The number of para-hydroxylation sites is 1. The first kappa shape index (κ1) is 22.2. The highest BCUT2D eigenvalue weighted by Crippen LogP contribution is 2.54. The van der Waals surface area contributed by atoms with Crippen LogP contribution in [0.3, 0.4) is 0 Å². The number of nitrogens with zero attached hydrogens (tertiary/aromatic N) is 3. The molecule has 0 radical (unpaired) electrons. The summed E-state index contributed by atoms with van der Waals surface area (Å²) in [6.07, 6.45) is 2.36. The normalized spacial score (nSPS) is 28.0. The Hall–Kier alpha value is -2.98. The van der Waals surface area contributed by atoms with E-state index in [4.69, 9.17) is 23.8 Å². The van der Waals surface area contributed by atoms with Gasteiger partial charge in [0, 0.05) is 38.4 Å². The molecule has 3 aliphatic rings. The van der Waals surface area contributed by atoms with Gasteiger partial charge in [-0.2, -0.15) is 0 Å². The number of carbonyl (C=O) groups excluding carboxylic acids is 1. The van der Waals surface area contributed by atoms with E-state index in [0.717, 1.165) is 25.9 Å². The van der Waals surface area contributed by atoms with Crippen molar-refractivity contribution in [1.82, 2.24) is 20.4 Å². The largest absolute Gasteiger partial charge is 0.496 e. The summed E-state index contributed by atoms with van der Waals surface area (Å²) < 4.78 is 17.3. The molecule has 3 fully saturated rings. The van der Waals surface area contributed by atoms with Gasteiger partial charge in [-0.25, -0.2) is 0 Å². The van der Waals surface area contributed by atoms with E-state index < -0.39 is 0 Å². The van der Waals surface area contributed by atoms with Crippen LogP contribution in [0.5, 0.6) is 5.75 Å². The van der Waals surface area contributed by atoms with Gasteiger partial charge in [0.15, 0.2) is 0 Å². The van der Waals surface area contributed by atoms with Gasteiger partial charge in [-0.1, -0.05) is 12.1 Å². The minimum absolute atomic E-state index is 0.0977. The molecule has 10 nitrogen and oxygen atoms in total. The Bertz CT molecular complexity index is 965. The molecule has 0 saturated carbocycles. The summed E-state index contributed by atoms with van der Waals surface area (Å²) in [5.41, 5.74) is 0.466. The molecule has 4 atom stereocenters. The van der Waals surface area contributed by atoms with E-state index in [1.807, 2.05) is 12.1 Å². The van der Waals surface area contributed by atoms with Crippen molar-refractivity contribution in [2.75, 3.05) is 26.7 Å². The molecule has 5 rings (SSSR count). The molecule has 1 spiro atoms. The van der Waals surface area contributed by atoms with Gasteiger partial charge in [0.2, 0.25) is 11.8 Å². The third-order valence-corrected chi connectivity index (χ3v) is 6.63. The molecule has 2 aromatic rings. The molecule has 0 aliphatic carbocycles. The van der Waals surface area contributed by atoms with Crippen LogP contribution in [-0.2, 0) is 16.1 Å². The highest BCUT2D eigenvalue weighted by Gasteiger charge is 2.62. The molecule has 1 aromatic carbocycles. The third kappa shape index (κ3) is 4.20. The molecule has 2 N–H and O–H groups in total. The summed E-state index contributed by atoms with van der Waals surface area (Å²) in [5, 5.41) is 18.1. The van der Waals surface area contributed by atoms with Crippen molar-refractivity contribution in [2.45, 2.75) is 38.0 Å². The van der Waals surface area contributed by atoms with Crippen LogP contribution in [0.1, 0.15) is 35.0 Å². The van der Waals surface area contributed by atoms with Gasteiger partial charge >= 0.3 is 0 Å². The Morgan fingerprint density at radius 2 is 2.19 bits per heavy atom. The number of fused-ring (bicyclic) bond motifs is 1. The number of rotatable bonds is 6. The van der Waals surface area contributed by atoms with E-state index in [1.165, 1.54) is 0 Å². The van der Waals surface area contributed by atoms with E-state index in [-0.39, 0.29) is 24.1 Å². The first-order chi connectivity index (χ1) is 15.5. The molecule has 4 heterocycles. The van der Waals surface area contributed by atoms with Crippen molar-refractivity contribution in [3.63, 3.8) is 0 Å². The van der Waals surface area contributed by atoms with Gasteiger partial charge in [-0.15, -0.1) is 10.2 Å². The number of amides is 1. The summed E-state index contributed by atoms with van der Waals surface area (Å²) >= 11 is 0. The molecule has 32 heavy (non-hydrogen) atoms. The number of hydrogen-bond donors (Lipinski definition) is 2. The molecule has 1 amide bonds. The van der Waals surface area contributed by atoms with E-state index >= 15 is 0 Å². The number of aryl methyl sites for hydroxylation is 1. The number of methoxy groups -OCH3 is 1. The van der Waals surface area contributed by atoms with Crippen LogP contribution >= 0.6 is 0 Å².